The zero-order valence-electron chi connectivity index (χ0n) is 9.85. The number of benzene rings is 1. The van der Waals surface area contributed by atoms with Crippen LogP contribution in [0.4, 0.5) is 27.6 Å². The van der Waals surface area contributed by atoms with E-state index in [2.05, 4.69) is 0 Å². The van der Waals surface area contributed by atoms with Gasteiger partial charge < -0.3 is 4.90 Å². The van der Waals surface area contributed by atoms with Crippen LogP contribution in [0.15, 0.2) is 30.3 Å². The molecular formula is C12H14F5N. The van der Waals surface area contributed by atoms with Crippen LogP contribution in [-0.2, 0) is 0 Å². The van der Waals surface area contributed by atoms with Gasteiger partial charge in [0, 0.05) is 25.2 Å². The predicted molar refractivity (Wildman–Crippen MR) is 59.9 cm³/mol. The van der Waals surface area contributed by atoms with Gasteiger partial charge in [0.15, 0.2) is 0 Å². The monoisotopic (exact) mass is 267 g/mol. The Morgan fingerprint density at radius 3 is 2.00 bits per heavy atom. The molecule has 18 heavy (non-hydrogen) atoms. The summed E-state index contributed by atoms with van der Waals surface area (Å²) < 4.78 is 61.6. The molecule has 0 unspecified atom stereocenters. The van der Waals surface area contributed by atoms with Crippen LogP contribution in [0.2, 0.25) is 0 Å². The van der Waals surface area contributed by atoms with Crippen LogP contribution in [0.5, 0.6) is 0 Å². The number of rotatable bonds is 5. The molecule has 0 N–H and O–H groups in total. The second kappa shape index (κ2) is 5.54. The van der Waals surface area contributed by atoms with Crippen molar-refractivity contribution in [1.29, 1.82) is 0 Å². The number of halogens is 5. The van der Waals surface area contributed by atoms with Gasteiger partial charge >= 0.3 is 12.1 Å². The molecular weight excluding hydrogens is 253 g/mol. The normalized spacial score (nSPS) is 12.6. The summed E-state index contributed by atoms with van der Waals surface area (Å²) in [6, 6.07) is 8.52. The van der Waals surface area contributed by atoms with Gasteiger partial charge in [0.05, 0.1) is 0 Å². The van der Waals surface area contributed by atoms with Gasteiger partial charge in [-0.15, -0.1) is 0 Å². The van der Waals surface area contributed by atoms with E-state index in [1.54, 1.807) is 37.3 Å². The van der Waals surface area contributed by atoms with Gasteiger partial charge in [0.2, 0.25) is 0 Å². The molecule has 0 aliphatic rings. The Morgan fingerprint density at radius 2 is 1.56 bits per heavy atom. The number of para-hydroxylation sites is 1. The molecule has 0 saturated carbocycles. The zero-order chi connectivity index (χ0) is 13.8. The lowest BCUT2D eigenvalue weighted by molar-refractivity contribution is -0.283. The molecule has 1 aromatic rings. The predicted octanol–water partition coefficient (Wildman–Crippen LogP) is 4.10. The number of nitrogens with zero attached hydrogens (tertiary/aromatic N) is 1. The highest BCUT2D eigenvalue weighted by atomic mass is 19.4. The zero-order valence-corrected chi connectivity index (χ0v) is 9.85. The summed E-state index contributed by atoms with van der Waals surface area (Å²) >= 11 is 0. The first-order valence-electron chi connectivity index (χ1n) is 5.52. The third-order valence-corrected chi connectivity index (χ3v) is 2.61. The number of alkyl halides is 5. The lowest BCUT2D eigenvalue weighted by Crippen LogP contribution is -2.40. The lowest BCUT2D eigenvalue weighted by Gasteiger charge is -2.26. The molecule has 0 bridgehead atoms. The Kier molecular flexibility index (Phi) is 4.53. The quantitative estimate of drug-likeness (QED) is 0.726. The van der Waals surface area contributed by atoms with Gasteiger partial charge in [-0.1, -0.05) is 18.2 Å². The fraction of sp³-hybridized carbons (Fsp3) is 0.500. The van der Waals surface area contributed by atoms with Gasteiger partial charge in [0.25, 0.3) is 0 Å². The molecule has 0 heterocycles. The molecule has 1 aromatic carbocycles. The van der Waals surface area contributed by atoms with Gasteiger partial charge in [-0.2, -0.15) is 22.0 Å². The first-order valence-corrected chi connectivity index (χ1v) is 5.52. The van der Waals surface area contributed by atoms with Crippen molar-refractivity contribution in [2.45, 2.75) is 25.4 Å². The first-order chi connectivity index (χ1) is 8.28. The molecule has 1 rings (SSSR count). The van der Waals surface area contributed by atoms with E-state index in [9.17, 15) is 22.0 Å². The van der Waals surface area contributed by atoms with Crippen molar-refractivity contribution in [3.63, 3.8) is 0 Å². The van der Waals surface area contributed by atoms with Crippen LogP contribution < -0.4 is 4.90 Å². The van der Waals surface area contributed by atoms with Crippen molar-refractivity contribution in [2.24, 2.45) is 0 Å². The topological polar surface area (TPSA) is 3.24 Å². The van der Waals surface area contributed by atoms with E-state index in [1.165, 1.54) is 4.90 Å². The second-order valence-corrected chi connectivity index (χ2v) is 3.87. The van der Waals surface area contributed by atoms with Crippen LogP contribution >= 0.6 is 0 Å². The molecule has 0 atom stereocenters. The molecule has 0 aromatic heterocycles. The molecule has 0 aliphatic carbocycles. The van der Waals surface area contributed by atoms with E-state index in [0.29, 0.717) is 12.2 Å². The van der Waals surface area contributed by atoms with Crippen LogP contribution in [0.25, 0.3) is 0 Å². The van der Waals surface area contributed by atoms with Gasteiger partial charge in [-0.25, -0.2) is 0 Å². The van der Waals surface area contributed by atoms with Crippen molar-refractivity contribution in [1.82, 2.24) is 0 Å². The van der Waals surface area contributed by atoms with Crippen LogP contribution in [0.3, 0.4) is 0 Å². The highest BCUT2D eigenvalue weighted by molar-refractivity contribution is 5.45. The molecule has 6 heteroatoms. The average molecular weight is 267 g/mol. The van der Waals surface area contributed by atoms with Crippen molar-refractivity contribution in [3.8, 4) is 0 Å². The number of hydrogen-bond donors (Lipinski definition) is 0. The second-order valence-electron chi connectivity index (χ2n) is 3.87. The Bertz CT molecular complexity index is 360. The van der Waals surface area contributed by atoms with Crippen LogP contribution in [0, 0.1) is 0 Å². The molecule has 0 fully saturated rings. The van der Waals surface area contributed by atoms with Crippen LogP contribution in [0.1, 0.15) is 13.3 Å². The molecule has 0 saturated heterocycles. The fourth-order valence-electron chi connectivity index (χ4n) is 1.53. The summed E-state index contributed by atoms with van der Waals surface area (Å²) in [6.45, 7) is 1.74. The van der Waals surface area contributed by atoms with Crippen molar-refractivity contribution in [3.05, 3.63) is 30.3 Å². The third-order valence-electron chi connectivity index (χ3n) is 2.61. The minimum atomic E-state index is -5.48. The maximum atomic E-state index is 12.8. The molecule has 1 nitrogen and oxygen atoms in total. The van der Waals surface area contributed by atoms with E-state index in [-0.39, 0.29) is 6.54 Å². The van der Waals surface area contributed by atoms with Gasteiger partial charge in [-0.3, -0.25) is 0 Å². The van der Waals surface area contributed by atoms with Gasteiger partial charge in [-0.05, 0) is 19.1 Å². The van der Waals surface area contributed by atoms with E-state index < -0.39 is 18.5 Å². The summed E-state index contributed by atoms with van der Waals surface area (Å²) in [7, 11) is 0. The number of anilines is 1. The molecule has 0 spiro atoms. The van der Waals surface area contributed by atoms with Crippen molar-refractivity contribution >= 4 is 5.69 Å². The molecule has 0 radical (unpaired) electrons. The minimum absolute atomic E-state index is 0.340. The standard InChI is InChI=1S/C12H14F5N/c1-2-18(10-6-4-3-5-7-10)9-8-11(13,14)12(15,16)17/h3-7H,2,8-9H2,1H3. The Balaban J connectivity index is 2.67. The van der Waals surface area contributed by atoms with Crippen molar-refractivity contribution in [2.75, 3.05) is 18.0 Å². The SMILES string of the molecule is CCN(CCC(F)(F)C(F)(F)F)c1ccccc1. The maximum Gasteiger partial charge on any atom is 0.453 e. The fourth-order valence-corrected chi connectivity index (χ4v) is 1.53. The third kappa shape index (κ3) is 3.58. The van der Waals surface area contributed by atoms with E-state index in [0.717, 1.165) is 0 Å². The molecule has 0 amide bonds. The smallest absolute Gasteiger partial charge is 0.372 e. The van der Waals surface area contributed by atoms with Gasteiger partial charge in [0.1, 0.15) is 0 Å². The Hall–Kier alpha value is -1.33. The highest BCUT2D eigenvalue weighted by Crippen LogP contribution is 2.38. The van der Waals surface area contributed by atoms with E-state index in [4.69, 9.17) is 0 Å². The minimum Gasteiger partial charge on any atom is -0.372 e. The van der Waals surface area contributed by atoms with Crippen LogP contribution in [-0.4, -0.2) is 25.2 Å². The summed E-state index contributed by atoms with van der Waals surface area (Å²) in [6.07, 6.45) is -6.72. The highest BCUT2D eigenvalue weighted by Gasteiger charge is 2.56. The Labute approximate surface area is 102 Å². The van der Waals surface area contributed by atoms with Crippen molar-refractivity contribution < 1.29 is 22.0 Å². The summed E-state index contributed by atoms with van der Waals surface area (Å²) in [5.41, 5.74) is 0.637. The molecule has 102 valence electrons. The first kappa shape index (κ1) is 14.7. The summed E-state index contributed by atoms with van der Waals surface area (Å²) in [5, 5.41) is 0. The average Bonchev–Trinajstić information content (AvgIpc) is 2.29. The van der Waals surface area contributed by atoms with E-state index in [1.807, 2.05) is 0 Å². The van der Waals surface area contributed by atoms with E-state index >= 15 is 0 Å². The summed E-state index contributed by atoms with van der Waals surface area (Å²) in [4.78, 5) is 1.49. The molecule has 0 aliphatic heterocycles. The largest absolute Gasteiger partial charge is 0.453 e. The lowest BCUT2D eigenvalue weighted by atomic mass is 10.2. The maximum absolute atomic E-state index is 12.8. The Morgan fingerprint density at radius 1 is 1.00 bits per heavy atom. The summed E-state index contributed by atoms with van der Waals surface area (Å²) in [5.74, 6) is -4.64. The number of hydrogen-bond acceptors (Lipinski definition) is 1.